The van der Waals surface area contributed by atoms with Crippen LogP contribution in [0.1, 0.15) is 0 Å². The number of alkyl halides is 1. The summed E-state index contributed by atoms with van der Waals surface area (Å²) in [4.78, 5) is 0. The molecule has 1 fully saturated rings. The maximum Gasteiger partial charge on any atom is 0.104 e. The van der Waals surface area contributed by atoms with E-state index in [1.54, 1.807) is 0 Å². The molecular formula is C6H13BrO4. The highest BCUT2D eigenvalue weighted by Crippen LogP contribution is 2.04. The van der Waals surface area contributed by atoms with Crippen LogP contribution in [0.3, 0.4) is 0 Å². The lowest BCUT2D eigenvalue weighted by Crippen LogP contribution is -2.12. The van der Waals surface area contributed by atoms with Gasteiger partial charge in [-0.15, -0.1) is 0 Å². The van der Waals surface area contributed by atoms with Crippen molar-refractivity contribution in [3.05, 3.63) is 0 Å². The van der Waals surface area contributed by atoms with E-state index in [9.17, 15) is 0 Å². The molecular weight excluding hydrogens is 216 g/mol. The largest absolute Gasteiger partial charge is 0.394 e. The van der Waals surface area contributed by atoms with Crippen molar-refractivity contribution in [2.24, 2.45) is 0 Å². The van der Waals surface area contributed by atoms with Crippen LogP contribution in [-0.4, -0.2) is 52.7 Å². The van der Waals surface area contributed by atoms with Crippen LogP contribution in [0.25, 0.3) is 0 Å². The van der Waals surface area contributed by atoms with Crippen molar-refractivity contribution in [2.75, 3.05) is 25.2 Å². The molecule has 0 spiro atoms. The third-order valence-corrected chi connectivity index (χ3v) is 1.74. The Morgan fingerprint density at radius 1 is 1.55 bits per heavy atom. The van der Waals surface area contributed by atoms with Crippen LogP contribution in [0.4, 0.5) is 0 Å². The van der Waals surface area contributed by atoms with Gasteiger partial charge in [0.1, 0.15) is 6.10 Å². The molecule has 1 aliphatic heterocycles. The number of ether oxygens (including phenoxy) is 1. The van der Waals surface area contributed by atoms with Crippen molar-refractivity contribution < 1.29 is 20.1 Å². The van der Waals surface area contributed by atoms with Gasteiger partial charge in [-0.3, -0.25) is 0 Å². The molecule has 0 aromatic carbocycles. The Labute approximate surface area is 73.9 Å². The van der Waals surface area contributed by atoms with Gasteiger partial charge < -0.3 is 20.1 Å². The van der Waals surface area contributed by atoms with Crippen LogP contribution < -0.4 is 0 Å². The molecule has 1 aliphatic rings. The molecule has 4 nitrogen and oxygen atoms in total. The Balaban J connectivity index is 0.000000183. The van der Waals surface area contributed by atoms with Crippen LogP contribution in [0.2, 0.25) is 0 Å². The van der Waals surface area contributed by atoms with Gasteiger partial charge >= 0.3 is 0 Å². The molecule has 5 heteroatoms. The van der Waals surface area contributed by atoms with Crippen LogP contribution in [0, 0.1) is 0 Å². The number of hydrogen-bond donors (Lipinski definition) is 3. The number of aliphatic hydroxyl groups excluding tert-OH is 3. The monoisotopic (exact) mass is 228 g/mol. The quantitative estimate of drug-likeness (QED) is 0.433. The van der Waals surface area contributed by atoms with Crippen molar-refractivity contribution >= 4 is 15.9 Å². The zero-order valence-corrected chi connectivity index (χ0v) is 7.70. The molecule has 0 aromatic rings. The minimum absolute atomic E-state index is 0.161. The summed E-state index contributed by atoms with van der Waals surface area (Å²) in [5.74, 6) is 0. The maximum atomic E-state index is 8.37. The smallest absolute Gasteiger partial charge is 0.104 e. The molecule has 1 saturated heterocycles. The van der Waals surface area contributed by atoms with Gasteiger partial charge in [0.25, 0.3) is 0 Å². The Bertz CT molecular complexity index is 82.7. The molecule has 2 atom stereocenters. The van der Waals surface area contributed by atoms with Crippen molar-refractivity contribution in [3.63, 3.8) is 0 Å². The van der Waals surface area contributed by atoms with Crippen molar-refractivity contribution in [2.45, 2.75) is 12.2 Å². The lowest BCUT2D eigenvalue weighted by molar-refractivity contribution is 0.114. The zero-order chi connectivity index (χ0) is 8.69. The van der Waals surface area contributed by atoms with Gasteiger partial charge in [0, 0.05) is 5.33 Å². The minimum atomic E-state index is -0.593. The predicted molar refractivity (Wildman–Crippen MR) is 43.7 cm³/mol. The first kappa shape index (κ1) is 11.3. The summed E-state index contributed by atoms with van der Waals surface area (Å²) in [5.41, 5.74) is 0. The molecule has 1 rings (SSSR count). The second-order valence-corrected chi connectivity index (χ2v) is 2.78. The van der Waals surface area contributed by atoms with E-state index < -0.39 is 6.10 Å². The molecule has 0 saturated carbocycles. The van der Waals surface area contributed by atoms with E-state index >= 15 is 0 Å². The number of halogens is 1. The van der Waals surface area contributed by atoms with E-state index in [-0.39, 0.29) is 19.3 Å². The Morgan fingerprint density at radius 2 is 2.09 bits per heavy atom. The van der Waals surface area contributed by atoms with Gasteiger partial charge in [-0.2, -0.15) is 0 Å². The number of epoxide rings is 1. The molecule has 0 aliphatic carbocycles. The van der Waals surface area contributed by atoms with Crippen LogP contribution in [-0.2, 0) is 4.74 Å². The fourth-order valence-corrected chi connectivity index (χ4v) is 0.427. The van der Waals surface area contributed by atoms with Crippen molar-refractivity contribution in [1.29, 1.82) is 0 Å². The minimum Gasteiger partial charge on any atom is -0.394 e. The summed E-state index contributed by atoms with van der Waals surface area (Å²) in [6.45, 7) is 0.793. The summed E-state index contributed by atoms with van der Waals surface area (Å²) in [7, 11) is 0. The first-order valence-electron chi connectivity index (χ1n) is 3.32. The van der Waals surface area contributed by atoms with Crippen LogP contribution in [0.15, 0.2) is 0 Å². The van der Waals surface area contributed by atoms with E-state index in [4.69, 9.17) is 15.3 Å². The Hall–Kier alpha value is 0.320. The Kier molecular flexibility index (Phi) is 7.20. The lowest BCUT2D eigenvalue weighted by atomic mass is 10.5. The second kappa shape index (κ2) is 7.00. The van der Waals surface area contributed by atoms with Crippen LogP contribution >= 0.6 is 15.9 Å². The van der Waals surface area contributed by atoms with E-state index in [2.05, 4.69) is 20.7 Å². The summed E-state index contributed by atoms with van der Waals surface area (Å²) < 4.78 is 4.61. The van der Waals surface area contributed by atoms with E-state index in [0.717, 1.165) is 6.61 Å². The highest BCUT2D eigenvalue weighted by molar-refractivity contribution is 9.09. The fourth-order valence-electron chi connectivity index (χ4n) is 0.222. The normalized spacial score (nSPS) is 23.5. The maximum absolute atomic E-state index is 8.37. The fraction of sp³-hybridized carbons (Fsp3) is 1.00. The molecule has 0 aromatic heterocycles. The first-order chi connectivity index (χ1) is 5.24. The average molecular weight is 229 g/mol. The zero-order valence-electron chi connectivity index (χ0n) is 6.11. The van der Waals surface area contributed by atoms with Gasteiger partial charge in [-0.25, -0.2) is 0 Å². The average Bonchev–Trinajstić information content (AvgIpc) is 2.86. The van der Waals surface area contributed by atoms with Crippen LogP contribution in [0.5, 0.6) is 0 Å². The first-order valence-corrected chi connectivity index (χ1v) is 4.44. The molecule has 0 amide bonds. The van der Waals surface area contributed by atoms with Gasteiger partial charge in [0.05, 0.1) is 25.9 Å². The molecule has 0 unspecified atom stereocenters. The summed E-state index contributed by atoms with van der Waals surface area (Å²) in [5, 5.41) is 25.0. The van der Waals surface area contributed by atoms with E-state index in [1.165, 1.54) is 0 Å². The summed E-state index contributed by atoms with van der Waals surface area (Å²) >= 11 is 2.96. The second-order valence-electron chi connectivity index (χ2n) is 2.13. The number of aliphatic hydroxyl groups is 3. The van der Waals surface area contributed by atoms with E-state index in [1.807, 2.05) is 0 Å². The molecule has 68 valence electrons. The number of hydrogen-bond acceptors (Lipinski definition) is 4. The van der Waals surface area contributed by atoms with Gasteiger partial charge in [0.15, 0.2) is 0 Å². The Morgan fingerprint density at radius 3 is 2.09 bits per heavy atom. The predicted octanol–water partition coefficient (Wildman–Crippen LogP) is -0.888. The van der Waals surface area contributed by atoms with Crippen molar-refractivity contribution in [1.82, 2.24) is 0 Å². The van der Waals surface area contributed by atoms with Crippen molar-refractivity contribution in [3.8, 4) is 0 Å². The van der Waals surface area contributed by atoms with Gasteiger partial charge in [-0.1, -0.05) is 15.9 Å². The third-order valence-electron chi connectivity index (χ3n) is 0.995. The topological polar surface area (TPSA) is 73.2 Å². The SMILES string of the molecule is OC[C@H](O)CBr.OC[C@H]1CO1. The van der Waals surface area contributed by atoms with E-state index in [0.29, 0.717) is 5.33 Å². The lowest BCUT2D eigenvalue weighted by Gasteiger charge is -1.96. The number of rotatable bonds is 3. The highest BCUT2D eigenvalue weighted by Gasteiger charge is 2.19. The standard InChI is InChI=1S/C3H7BrO2.C3H6O2/c4-1-3(6)2-5;4-1-3-2-5-3/h3,5-6H,1-2H2;3-4H,1-2H2/t2*3-/m10/s1. The molecule has 3 N–H and O–H groups in total. The molecule has 0 radical (unpaired) electrons. The summed E-state index contributed by atoms with van der Waals surface area (Å²) in [6, 6.07) is 0. The molecule has 1 heterocycles. The highest BCUT2D eigenvalue weighted by atomic mass is 79.9. The summed E-state index contributed by atoms with van der Waals surface area (Å²) in [6.07, 6.45) is -0.403. The van der Waals surface area contributed by atoms with Gasteiger partial charge in [0.2, 0.25) is 0 Å². The molecule has 11 heavy (non-hydrogen) atoms. The van der Waals surface area contributed by atoms with Gasteiger partial charge in [-0.05, 0) is 0 Å². The third kappa shape index (κ3) is 8.22. The molecule has 0 bridgehead atoms.